The summed E-state index contributed by atoms with van der Waals surface area (Å²) in [5, 5.41) is 0. The molecule has 1 amide bonds. The maximum Gasteiger partial charge on any atom is 0.233 e. The van der Waals surface area contributed by atoms with E-state index in [-0.39, 0.29) is 5.91 Å². The molecule has 1 rings (SSSR count). The number of nitrogens with one attached hydrogen (secondary N) is 1. The fraction of sp³-hybridized carbons (Fsp3) is 0.300. The molecule has 1 aromatic carbocycles. The predicted molar refractivity (Wildman–Crippen MR) is 66.4 cm³/mol. The number of benzene rings is 1. The molecule has 0 aliphatic carbocycles. The van der Waals surface area contributed by atoms with Crippen molar-refractivity contribution in [2.24, 2.45) is 5.84 Å². The molecule has 3 nitrogen and oxygen atoms in total. The van der Waals surface area contributed by atoms with Crippen LogP contribution in [0, 0.1) is 0 Å². The third-order valence-corrected chi connectivity index (χ3v) is 3.92. The van der Waals surface area contributed by atoms with Gasteiger partial charge >= 0.3 is 0 Å². The van der Waals surface area contributed by atoms with Gasteiger partial charge in [-0.1, -0.05) is 12.1 Å². The Morgan fingerprint density at radius 3 is 2.87 bits per heavy atom. The Balaban J connectivity index is 2.26. The molecule has 1 aromatic rings. The van der Waals surface area contributed by atoms with Crippen molar-refractivity contribution in [3.05, 3.63) is 28.7 Å². The van der Waals surface area contributed by atoms with Crippen LogP contribution in [0.3, 0.4) is 0 Å². The molecule has 0 radical (unpaired) electrons. The van der Waals surface area contributed by atoms with Crippen LogP contribution >= 0.6 is 27.7 Å². The third-order valence-electron chi connectivity index (χ3n) is 1.80. The van der Waals surface area contributed by atoms with E-state index in [2.05, 4.69) is 27.4 Å². The van der Waals surface area contributed by atoms with Crippen LogP contribution in [-0.4, -0.2) is 11.7 Å². The van der Waals surface area contributed by atoms with Gasteiger partial charge in [-0.25, -0.2) is 5.84 Å². The quantitative estimate of drug-likeness (QED) is 0.287. The second kappa shape index (κ2) is 6.87. The van der Waals surface area contributed by atoms with Gasteiger partial charge in [0.15, 0.2) is 0 Å². The maximum atomic E-state index is 10.8. The van der Waals surface area contributed by atoms with E-state index in [0.717, 1.165) is 16.6 Å². The summed E-state index contributed by atoms with van der Waals surface area (Å²) in [5.74, 6) is 5.78. The van der Waals surface area contributed by atoms with Gasteiger partial charge in [-0.15, -0.1) is 11.8 Å². The fourth-order valence-corrected chi connectivity index (χ4v) is 2.57. The molecule has 0 saturated heterocycles. The van der Waals surface area contributed by atoms with E-state index in [4.69, 9.17) is 5.84 Å². The zero-order chi connectivity index (χ0) is 11.1. The number of carbonyl (C=O) groups is 1. The molecule has 0 unspecified atom stereocenters. The molecule has 0 heterocycles. The number of amides is 1. The topological polar surface area (TPSA) is 55.1 Å². The molecular formula is C10H13BrN2OS. The van der Waals surface area contributed by atoms with Crippen LogP contribution in [-0.2, 0) is 4.79 Å². The summed E-state index contributed by atoms with van der Waals surface area (Å²) < 4.78 is 1.10. The molecular weight excluding hydrogens is 276 g/mol. The number of halogens is 1. The molecule has 0 aliphatic rings. The zero-order valence-electron chi connectivity index (χ0n) is 8.20. The first-order valence-electron chi connectivity index (χ1n) is 4.61. The monoisotopic (exact) mass is 288 g/mol. The Morgan fingerprint density at radius 2 is 2.20 bits per heavy atom. The average Bonchev–Trinajstić information content (AvgIpc) is 2.26. The van der Waals surface area contributed by atoms with Gasteiger partial charge in [-0.3, -0.25) is 10.2 Å². The maximum absolute atomic E-state index is 10.8. The van der Waals surface area contributed by atoms with Crippen molar-refractivity contribution in [2.45, 2.75) is 17.7 Å². The lowest BCUT2D eigenvalue weighted by Crippen LogP contribution is -2.29. The molecule has 0 fully saturated rings. The fourth-order valence-electron chi connectivity index (χ4n) is 1.05. The molecule has 0 spiro atoms. The van der Waals surface area contributed by atoms with Crippen LogP contribution in [0.15, 0.2) is 33.6 Å². The van der Waals surface area contributed by atoms with Crippen LogP contribution < -0.4 is 11.3 Å². The summed E-state index contributed by atoms with van der Waals surface area (Å²) in [5.41, 5.74) is 2.12. The Kier molecular flexibility index (Phi) is 5.75. The lowest BCUT2D eigenvalue weighted by atomic mass is 10.3. The van der Waals surface area contributed by atoms with Crippen LogP contribution in [0.1, 0.15) is 12.8 Å². The number of hydrogen-bond donors (Lipinski definition) is 2. The summed E-state index contributed by atoms with van der Waals surface area (Å²) in [6.45, 7) is 0. The standard InChI is InChI=1S/C10H13BrN2OS/c11-8-4-1-2-5-9(8)15-7-3-6-10(14)13-12/h1-2,4-5H,3,6-7,12H2,(H,13,14). The van der Waals surface area contributed by atoms with Gasteiger partial charge in [0.25, 0.3) is 0 Å². The normalized spacial score (nSPS) is 10.0. The van der Waals surface area contributed by atoms with Crippen molar-refractivity contribution in [1.82, 2.24) is 5.43 Å². The average molecular weight is 289 g/mol. The van der Waals surface area contributed by atoms with Crippen molar-refractivity contribution in [2.75, 3.05) is 5.75 Å². The number of rotatable bonds is 5. The Labute approximate surface area is 102 Å². The van der Waals surface area contributed by atoms with Crippen molar-refractivity contribution in [3.63, 3.8) is 0 Å². The second-order valence-electron chi connectivity index (χ2n) is 2.95. The van der Waals surface area contributed by atoms with E-state index < -0.39 is 0 Å². The molecule has 15 heavy (non-hydrogen) atoms. The molecule has 0 atom stereocenters. The highest BCUT2D eigenvalue weighted by Gasteiger charge is 2.01. The number of carbonyl (C=O) groups excluding carboxylic acids is 1. The molecule has 0 saturated carbocycles. The minimum atomic E-state index is -0.109. The summed E-state index contributed by atoms with van der Waals surface area (Å²) >= 11 is 5.20. The number of nitrogens with two attached hydrogens (primary N) is 1. The SMILES string of the molecule is NNC(=O)CCCSc1ccccc1Br. The van der Waals surface area contributed by atoms with E-state index in [0.29, 0.717) is 6.42 Å². The lowest BCUT2D eigenvalue weighted by Gasteiger charge is -2.03. The van der Waals surface area contributed by atoms with E-state index in [9.17, 15) is 4.79 Å². The van der Waals surface area contributed by atoms with Crippen molar-refractivity contribution < 1.29 is 4.79 Å². The summed E-state index contributed by atoms with van der Waals surface area (Å²) in [6.07, 6.45) is 1.31. The first kappa shape index (κ1) is 12.5. The van der Waals surface area contributed by atoms with Gasteiger partial charge in [-0.2, -0.15) is 0 Å². The third kappa shape index (κ3) is 4.68. The van der Waals surface area contributed by atoms with Gasteiger partial charge in [0.2, 0.25) is 5.91 Å². The predicted octanol–water partition coefficient (Wildman–Crippen LogP) is 2.31. The van der Waals surface area contributed by atoms with Crippen molar-refractivity contribution in [1.29, 1.82) is 0 Å². The largest absolute Gasteiger partial charge is 0.294 e. The van der Waals surface area contributed by atoms with Crippen molar-refractivity contribution in [3.8, 4) is 0 Å². The van der Waals surface area contributed by atoms with Crippen LogP contribution in [0.5, 0.6) is 0 Å². The Hall–Kier alpha value is -0.520. The molecule has 0 bridgehead atoms. The molecule has 5 heteroatoms. The van der Waals surface area contributed by atoms with Crippen LogP contribution in [0.25, 0.3) is 0 Å². The second-order valence-corrected chi connectivity index (χ2v) is 4.94. The molecule has 0 aliphatic heterocycles. The van der Waals surface area contributed by atoms with Crippen molar-refractivity contribution >= 4 is 33.6 Å². The van der Waals surface area contributed by atoms with Gasteiger partial charge in [0.1, 0.15) is 0 Å². The molecule has 3 N–H and O–H groups in total. The lowest BCUT2D eigenvalue weighted by molar-refractivity contribution is -0.121. The Bertz CT molecular complexity index is 333. The van der Waals surface area contributed by atoms with E-state index in [1.807, 2.05) is 18.2 Å². The van der Waals surface area contributed by atoms with E-state index in [1.54, 1.807) is 11.8 Å². The minimum Gasteiger partial charge on any atom is -0.294 e. The highest BCUT2D eigenvalue weighted by Crippen LogP contribution is 2.27. The smallest absolute Gasteiger partial charge is 0.233 e. The van der Waals surface area contributed by atoms with E-state index in [1.165, 1.54) is 4.90 Å². The highest BCUT2D eigenvalue weighted by atomic mass is 79.9. The minimum absolute atomic E-state index is 0.109. The first-order chi connectivity index (χ1) is 7.24. The summed E-state index contributed by atoms with van der Waals surface area (Å²) in [4.78, 5) is 12.0. The highest BCUT2D eigenvalue weighted by molar-refractivity contribution is 9.10. The first-order valence-corrected chi connectivity index (χ1v) is 6.38. The van der Waals surface area contributed by atoms with Gasteiger partial charge < -0.3 is 0 Å². The van der Waals surface area contributed by atoms with Gasteiger partial charge in [-0.05, 0) is 40.2 Å². The van der Waals surface area contributed by atoms with Crippen LogP contribution in [0.4, 0.5) is 0 Å². The van der Waals surface area contributed by atoms with E-state index >= 15 is 0 Å². The summed E-state index contributed by atoms with van der Waals surface area (Å²) in [7, 11) is 0. The molecule has 0 aromatic heterocycles. The van der Waals surface area contributed by atoms with Crippen LogP contribution in [0.2, 0.25) is 0 Å². The Morgan fingerprint density at radius 1 is 1.47 bits per heavy atom. The number of thioether (sulfide) groups is 1. The number of hydrazine groups is 1. The van der Waals surface area contributed by atoms with Gasteiger partial charge in [0.05, 0.1) is 0 Å². The molecule has 82 valence electrons. The zero-order valence-corrected chi connectivity index (χ0v) is 10.6. The van der Waals surface area contributed by atoms with Gasteiger partial charge in [0, 0.05) is 15.8 Å². The number of hydrogen-bond acceptors (Lipinski definition) is 3. The summed E-state index contributed by atoms with van der Waals surface area (Å²) in [6, 6.07) is 8.04.